The number of carbonyl (C=O) groups is 1. The summed E-state index contributed by atoms with van der Waals surface area (Å²) < 4.78 is 4.64. The fraction of sp³-hybridized carbons (Fsp3) is 0.273. The van der Waals surface area contributed by atoms with Gasteiger partial charge in [-0.2, -0.15) is 4.99 Å². The highest BCUT2D eigenvalue weighted by atomic mass is 32.1. The molecule has 4 heteroatoms. The van der Waals surface area contributed by atoms with Crippen LogP contribution in [-0.4, -0.2) is 18.2 Å². The molecule has 0 aliphatic carbocycles. The van der Waals surface area contributed by atoms with E-state index in [0.717, 1.165) is 11.1 Å². The van der Waals surface area contributed by atoms with Gasteiger partial charge in [-0.1, -0.05) is 0 Å². The largest absolute Gasteiger partial charge is 0.465 e. The molecule has 1 aromatic rings. The van der Waals surface area contributed by atoms with Gasteiger partial charge in [-0.3, -0.25) is 0 Å². The Morgan fingerprint density at radius 1 is 1.47 bits per heavy atom. The third-order valence-electron chi connectivity index (χ3n) is 2.23. The zero-order chi connectivity index (χ0) is 11.4. The zero-order valence-electron chi connectivity index (χ0n) is 8.83. The maximum Gasteiger partial charge on any atom is 0.337 e. The van der Waals surface area contributed by atoms with Crippen molar-refractivity contribution in [2.45, 2.75) is 13.8 Å². The number of hydrogen-bond donors (Lipinski definition) is 0. The van der Waals surface area contributed by atoms with Crippen molar-refractivity contribution in [1.82, 2.24) is 0 Å². The number of ether oxygens (including phenoxy) is 1. The topological polar surface area (TPSA) is 38.7 Å². The zero-order valence-corrected chi connectivity index (χ0v) is 9.64. The van der Waals surface area contributed by atoms with E-state index in [1.807, 2.05) is 13.8 Å². The molecule has 3 nitrogen and oxygen atoms in total. The third kappa shape index (κ3) is 2.49. The van der Waals surface area contributed by atoms with Crippen LogP contribution in [0.2, 0.25) is 0 Å². The van der Waals surface area contributed by atoms with Gasteiger partial charge in [-0.05, 0) is 49.3 Å². The summed E-state index contributed by atoms with van der Waals surface area (Å²) >= 11 is 4.54. The molecule has 0 saturated heterocycles. The van der Waals surface area contributed by atoms with E-state index in [9.17, 15) is 4.79 Å². The second-order valence-electron chi connectivity index (χ2n) is 3.13. The number of nitrogens with zero attached hydrogens (tertiary/aromatic N) is 1. The summed E-state index contributed by atoms with van der Waals surface area (Å²) in [4.78, 5) is 15.2. The van der Waals surface area contributed by atoms with Crippen molar-refractivity contribution < 1.29 is 9.53 Å². The fourth-order valence-electron chi connectivity index (χ4n) is 1.24. The minimum atomic E-state index is -0.376. The van der Waals surface area contributed by atoms with Crippen LogP contribution in [0.5, 0.6) is 0 Å². The molecule has 0 fully saturated rings. The average Bonchev–Trinajstić information content (AvgIpc) is 2.23. The normalized spacial score (nSPS) is 9.27. The summed E-state index contributed by atoms with van der Waals surface area (Å²) in [5, 5.41) is 2.29. The van der Waals surface area contributed by atoms with Gasteiger partial charge in [0.05, 0.1) is 23.5 Å². The lowest BCUT2D eigenvalue weighted by atomic mass is 10.0. The lowest BCUT2D eigenvalue weighted by Gasteiger charge is -2.06. The van der Waals surface area contributed by atoms with E-state index < -0.39 is 0 Å². The predicted octanol–water partition coefficient (Wildman–Crippen LogP) is 2.82. The standard InChI is InChI=1S/C11H11NO2S/c1-7-4-9(11(13)14-3)5-10(8(7)2)12-6-15/h4-5H,1-3H3. The van der Waals surface area contributed by atoms with Gasteiger partial charge < -0.3 is 4.74 Å². The number of thiocarbonyl (C=S) groups is 1. The first-order chi connectivity index (χ1) is 7.10. The fourth-order valence-corrected chi connectivity index (χ4v) is 1.34. The number of esters is 1. The van der Waals surface area contributed by atoms with Crippen molar-refractivity contribution in [2.24, 2.45) is 4.99 Å². The predicted molar refractivity (Wildman–Crippen MR) is 61.9 cm³/mol. The number of benzene rings is 1. The van der Waals surface area contributed by atoms with E-state index in [1.54, 1.807) is 12.1 Å². The molecule has 1 rings (SSSR count). The molecule has 0 aromatic heterocycles. The molecule has 0 aliphatic heterocycles. The summed E-state index contributed by atoms with van der Waals surface area (Å²) in [6, 6.07) is 3.41. The van der Waals surface area contributed by atoms with E-state index in [0.29, 0.717) is 11.3 Å². The van der Waals surface area contributed by atoms with Gasteiger partial charge in [-0.15, -0.1) is 0 Å². The maximum atomic E-state index is 11.3. The highest BCUT2D eigenvalue weighted by molar-refractivity contribution is 7.78. The van der Waals surface area contributed by atoms with Gasteiger partial charge in [0, 0.05) is 0 Å². The van der Waals surface area contributed by atoms with E-state index in [1.165, 1.54) is 7.11 Å². The third-order valence-corrected chi connectivity index (χ3v) is 2.32. The molecule has 0 aliphatic rings. The highest BCUT2D eigenvalue weighted by Crippen LogP contribution is 2.23. The first kappa shape index (κ1) is 11.6. The van der Waals surface area contributed by atoms with Crippen LogP contribution >= 0.6 is 12.2 Å². The van der Waals surface area contributed by atoms with Crippen LogP contribution in [0.1, 0.15) is 21.5 Å². The smallest absolute Gasteiger partial charge is 0.337 e. The van der Waals surface area contributed by atoms with Crippen molar-refractivity contribution in [3.05, 3.63) is 28.8 Å². The van der Waals surface area contributed by atoms with Crippen molar-refractivity contribution in [3.63, 3.8) is 0 Å². The SMILES string of the molecule is COC(=O)c1cc(C)c(C)c(N=C=S)c1. The van der Waals surface area contributed by atoms with Crippen LogP contribution in [-0.2, 0) is 4.74 Å². The Labute approximate surface area is 93.8 Å². The molecule has 78 valence electrons. The second-order valence-corrected chi connectivity index (χ2v) is 3.31. The van der Waals surface area contributed by atoms with Gasteiger partial charge in [0.2, 0.25) is 0 Å². The highest BCUT2D eigenvalue weighted by Gasteiger charge is 2.09. The van der Waals surface area contributed by atoms with E-state index in [-0.39, 0.29) is 5.97 Å². The monoisotopic (exact) mass is 221 g/mol. The molecule has 0 N–H and O–H groups in total. The first-order valence-corrected chi connectivity index (χ1v) is 4.78. The van der Waals surface area contributed by atoms with Crippen molar-refractivity contribution in [2.75, 3.05) is 7.11 Å². The summed E-state index contributed by atoms with van der Waals surface area (Å²) in [6.45, 7) is 3.83. The molecule has 1 aromatic carbocycles. The van der Waals surface area contributed by atoms with Crippen LogP contribution in [0.4, 0.5) is 5.69 Å². The van der Waals surface area contributed by atoms with Gasteiger partial charge >= 0.3 is 5.97 Å². The Kier molecular flexibility index (Phi) is 3.72. The van der Waals surface area contributed by atoms with Crippen molar-refractivity contribution in [1.29, 1.82) is 0 Å². The lowest BCUT2D eigenvalue weighted by Crippen LogP contribution is -2.02. The Morgan fingerprint density at radius 2 is 2.13 bits per heavy atom. The maximum absolute atomic E-state index is 11.3. The minimum Gasteiger partial charge on any atom is -0.465 e. The van der Waals surface area contributed by atoms with Gasteiger partial charge in [0.25, 0.3) is 0 Å². The Bertz CT molecular complexity index is 448. The number of rotatable bonds is 2. The van der Waals surface area contributed by atoms with E-state index in [4.69, 9.17) is 0 Å². The van der Waals surface area contributed by atoms with Crippen LogP contribution < -0.4 is 0 Å². The lowest BCUT2D eigenvalue weighted by molar-refractivity contribution is 0.0600. The van der Waals surface area contributed by atoms with Crippen LogP contribution in [0.15, 0.2) is 17.1 Å². The van der Waals surface area contributed by atoms with Crippen LogP contribution in [0, 0.1) is 13.8 Å². The molecule has 15 heavy (non-hydrogen) atoms. The Hall–Kier alpha value is -1.51. The van der Waals surface area contributed by atoms with Gasteiger partial charge in [-0.25, -0.2) is 4.79 Å². The molecule has 0 spiro atoms. The molecule has 0 saturated carbocycles. The van der Waals surface area contributed by atoms with E-state index in [2.05, 4.69) is 27.1 Å². The van der Waals surface area contributed by atoms with E-state index >= 15 is 0 Å². The molecule has 0 unspecified atom stereocenters. The number of aliphatic imine (C=N–C) groups is 1. The number of methoxy groups -OCH3 is 1. The molecular formula is C11H11NO2S. The van der Waals surface area contributed by atoms with Crippen molar-refractivity contribution in [3.8, 4) is 0 Å². The van der Waals surface area contributed by atoms with Gasteiger partial charge in [0.1, 0.15) is 0 Å². The van der Waals surface area contributed by atoms with Gasteiger partial charge in [0.15, 0.2) is 0 Å². The molecule has 0 atom stereocenters. The van der Waals surface area contributed by atoms with Crippen LogP contribution in [0.25, 0.3) is 0 Å². The summed E-state index contributed by atoms with van der Waals surface area (Å²) in [5.74, 6) is -0.376. The number of isothiocyanates is 1. The number of hydrogen-bond acceptors (Lipinski definition) is 4. The molecule has 0 amide bonds. The quantitative estimate of drug-likeness (QED) is 0.438. The molecule has 0 bridgehead atoms. The second kappa shape index (κ2) is 4.82. The number of aryl methyl sites for hydroxylation is 1. The molecule has 0 radical (unpaired) electrons. The summed E-state index contributed by atoms with van der Waals surface area (Å²) in [7, 11) is 1.35. The average molecular weight is 221 g/mol. The molecule has 0 heterocycles. The summed E-state index contributed by atoms with van der Waals surface area (Å²) in [6.07, 6.45) is 0. The van der Waals surface area contributed by atoms with Crippen LogP contribution in [0.3, 0.4) is 0 Å². The van der Waals surface area contributed by atoms with Crippen molar-refractivity contribution >= 4 is 29.0 Å². The minimum absolute atomic E-state index is 0.376. The first-order valence-electron chi connectivity index (χ1n) is 4.37. The molecular weight excluding hydrogens is 210 g/mol. The Balaban J connectivity index is 3.35. The Morgan fingerprint density at radius 3 is 2.67 bits per heavy atom. The number of carbonyl (C=O) groups excluding carboxylic acids is 1. The summed E-state index contributed by atoms with van der Waals surface area (Å²) in [5.41, 5.74) is 3.09.